The predicted octanol–water partition coefficient (Wildman–Crippen LogP) is 4.09. The van der Waals surface area contributed by atoms with Crippen LogP contribution < -0.4 is 4.74 Å². The molecule has 4 nitrogen and oxygen atoms in total. The van der Waals surface area contributed by atoms with Crippen LogP contribution in [-0.4, -0.2) is 22.8 Å². The molecule has 0 fully saturated rings. The van der Waals surface area contributed by atoms with Crippen LogP contribution in [0.3, 0.4) is 0 Å². The van der Waals surface area contributed by atoms with E-state index in [2.05, 4.69) is 20.5 Å². The van der Waals surface area contributed by atoms with E-state index in [9.17, 15) is 4.79 Å². The molecule has 0 bridgehead atoms. The number of aliphatic carboxylic acids is 1. The van der Waals surface area contributed by atoms with Crippen molar-refractivity contribution in [3.63, 3.8) is 0 Å². The summed E-state index contributed by atoms with van der Waals surface area (Å²) in [6.07, 6.45) is 1.93. The summed E-state index contributed by atoms with van der Waals surface area (Å²) in [7, 11) is 1.65. The number of hydrogen-bond donors (Lipinski definition) is 1. The van der Waals surface area contributed by atoms with Crippen molar-refractivity contribution in [2.75, 3.05) is 7.11 Å². The first-order valence-electron chi connectivity index (χ1n) is 7.19. The van der Waals surface area contributed by atoms with Gasteiger partial charge >= 0.3 is 5.97 Å². The molecule has 0 aliphatic rings. The van der Waals surface area contributed by atoms with E-state index in [4.69, 9.17) is 9.84 Å². The summed E-state index contributed by atoms with van der Waals surface area (Å²) in [5.41, 5.74) is 2.94. The zero-order valence-electron chi connectivity index (χ0n) is 12.6. The van der Waals surface area contributed by atoms with Crippen LogP contribution in [0.1, 0.15) is 11.1 Å². The highest BCUT2D eigenvalue weighted by Crippen LogP contribution is 2.27. The molecule has 0 spiro atoms. The Kier molecular flexibility index (Phi) is 4.39. The van der Waals surface area contributed by atoms with Crippen LogP contribution >= 0.6 is 15.9 Å². The first-order chi connectivity index (χ1) is 11.1. The van der Waals surface area contributed by atoms with Gasteiger partial charge in [0.15, 0.2) is 0 Å². The molecule has 3 rings (SSSR count). The van der Waals surface area contributed by atoms with Gasteiger partial charge in [-0.1, -0.05) is 28.1 Å². The summed E-state index contributed by atoms with van der Waals surface area (Å²) in [4.78, 5) is 11.1. The zero-order valence-corrected chi connectivity index (χ0v) is 14.2. The van der Waals surface area contributed by atoms with Crippen LogP contribution in [0.25, 0.3) is 10.9 Å². The third-order valence-corrected chi connectivity index (χ3v) is 4.25. The van der Waals surface area contributed by atoms with Crippen molar-refractivity contribution in [2.45, 2.75) is 13.0 Å². The van der Waals surface area contributed by atoms with E-state index in [0.29, 0.717) is 6.54 Å². The number of nitrogens with zero attached hydrogens (tertiary/aromatic N) is 1. The quantitative estimate of drug-likeness (QED) is 0.732. The maximum absolute atomic E-state index is 11.1. The normalized spacial score (nSPS) is 10.9. The molecule has 1 N–H and O–H groups in total. The molecule has 1 heterocycles. The van der Waals surface area contributed by atoms with Crippen molar-refractivity contribution < 1.29 is 14.6 Å². The monoisotopic (exact) mass is 373 g/mol. The number of methoxy groups -OCH3 is 1. The van der Waals surface area contributed by atoms with Crippen molar-refractivity contribution in [3.05, 3.63) is 64.3 Å². The van der Waals surface area contributed by atoms with Gasteiger partial charge in [-0.15, -0.1) is 0 Å². The number of fused-ring (bicyclic) bond motifs is 1. The summed E-state index contributed by atoms with van der Waals surface area (Å²) in [5, 5.41) is 10.1. The van der Waals surface area contributed by atoms with Gasteiger partial charge in [0.2, 0.25) is 0 Å². The van der Waals surface area contributed by atoms with E-state index in [1.807, 2.05) is 48.7 Å². The third-order valence-electron chi connectivity index (χ3n) is 3.75. The Morgan fingerprint density at radius 2 is 2.09 bits per heavy atom. The largest absolute Gasteiger partial charge is 0.497 e. The molecule has 0 radical (unpaired) electrons. The molecule has 0 saturated heterocycles. The fourth-order valence-electron chi connectivity index (χ4n) is 2.75. The highest BCUT2D eigenvalue weighted by molar-refractivity contribution is 9.10. The summed E-state index contributed by atoms with van der Waals surface area (Å²) in [6, 6.07) is 13.8. The summed E-state index contributed by atoms with van der Waals surface area (Å²) in [5.74, 6) is -0.0159. The number of carbonyl (C=O) groups is 1. The topological polar surface area (TPSA) is 51.5 Å². The van der Waals surface area contributed by atoms with E-state index < -0.39 is 5.97 Å². The molecular weight excluding hydrogens is 358 g/mol. The first-order valence-corrected chi connectivity index (χ1v) is 7.98. The number of rotatable bonds is 5. The molecule has 0 aliphatic carbocycles. The van der Waals surface area contributed by atoms with Gasteiger partial charge in [0, 0.05) is 28.1 Å². The first kappa shape index (κ1) is 15.6. The van der Waals surface area contributed by atoms with Crippen molar-refractivity contribution in [3.8, 4) is 5.75 Å². The molecule has 118 valence electrons. The van der Waals surface area contributed by atoms with Gasteiger partial charge in [0.25, 0.3) is 0 Å². The van der Waals surface area contributed by atoms with Crippen molar-refractivity contribution in [1.82, 2.24) is 4.57 Å². The minimum Gasteiger partial charge on any atom is -0.497 e. The van der Waals surface area contributed by atoms with Crippen LogP contribution in [0.5, 0.6) is 5.75 Å². The Bertz CT molecular complexity index is 870. The Hall–Kier alpha value is -2.27. The number of aromatic nitrogens is 1. The van der Waals surface area contributed by atoms with Crippen LogP contribution in [0.2, 0.25) is 0 Å². The molecular formula is C18H16BrNO3. The van der Waals surface area contributed by atoms with Crippen molar-refractivity contribution in [1.29, 1.82) is 0 Å². The number of benzene rings is 2. The Labute approximate surface area is 142 Å². The Balaban J connectivity index is 2.04. The second-order valence-corrected chi connectivity index (χ2v) is 6.28. The lowest BCUT2D eigenvalue weighted by Gasteiger charge is -2.07. The minimum absolute atomic E-state index is 0.0120. The predicted molar refractivity (Wildman–Crippen MR) is 93.1 cm³/mol. The van der Waals surface area contributed by atoms with Gasteiger partial charge in [0.05, 0.1) is 13.5 Å². The van der Waals surface area contributed by atoms with Gasteiger partial charge in [0.1, 0.15) is 5.75 Å². The zero-order chi connectivity index (χ0) is 16.4. The van der Waals surface area contributed by atoms with Gasteiger partial charge in [-0.2, -0.15) is 0 Å². The van der Waals surface area contributed by atoms with Crippen LogP contribution in [0.15, 0.2) is 53.1 Å². The van der Waals surface area contributed by atoms with Gasteiger partial charge in [-0.3, -0.25) is 4.79 Å². The fraction of sp³-hybridized carbons (Fsp3) is 0.167. The molecule has 2 aromatic carbocycles. The van der Waals surface area contributed by atoms with Gasteiger partial charge < -0.3 is 14.4 Å². The summed E-state index contributed by atoms with van der Waals surface area (Å²) in [6.45, 7) is 0.662. The van der Waals surface area contributed by atoms with E-state index in [0.717, 1.165) is 32.3 Å². The smallest absolute Gasteiger partial charge is 0.307 e. The maximum Gasteiger partial charge on any atom is 0.307 e. The number of carboxylic acids is 1. The van der Waals surface area contributed by atoms with E-state index in [-0.39, 0.29) is 6.42 Å². The molecule has 3 aromatic rings. The minimum atomic E-state index is -0.828. The molecule has 0 amide bonds. The van der Waals surface area contributed by atoms with E-state index >= 15 is 0 Å². The van der Waals surface area contributed by atoms with E-state index in [1.165, 1.54) is 0 Å². The van der Waals surface area contributed by atoms with Crippen molar-refractivity contribution in [2.24, 2.45) is 0 Å². The molecule has 0 aliphatic heterocycles. The van der Waals surface area contributed by atoms with Crippen molar-refractivity contribution >= 4 is 32.8 Å². The number of carboxylic acid groups (broad SMARTS) is 1. The highest BCUT2D eigenvalue weighted by Gasteiger charge is 2.12. The third kappa shape index (κ3) is 3.40. The second-order valence-electron chi connectivity index (χ2n) is 5.37. The molecule has 23 heavy (non-hydrogen) atoms. The second kappa shape index (κ2) is 6.46. The van der Waals surface area contributed by atoms with Gasteiger partial charge in [-0.05, 0) is 41.5 Å². The summed E-state index contributed by atoms with van der Waals surface area (Å²) < 4.78 is 8.28. The van der Waals surface area contributed by atoms with Crippen LogP contribution in [0, 0.1) is 0 Å². The molecule has 0 saturated carbocycles. The lowest BCUT2D eigenvalue weighted by Crippen LogP contribution is -2.00. The van der Waals surface area contributed by atoms with Gasteiger partial charge in [-0.25, -0.2) is 0 Å². The van der Waals surface area contributed by atoms with Crippen LogP contribution in [-0.2, 0) is 17.8 Å². The molecule has 1 aromatic heterocycles. The summed E-state index contributed by atoms with van der Waals surface area (Å²) >= 11 is 3.45. The lowest BCUT2D eigenvalue weighted by atomic mass is 10.1. The Morgan fingerprint density at radius 3 is 2.83 bits per heavy atom. The SMILES string of the molecule is COc1cccc(Cn2cc(CC(=O)O)c3cc(Br)ccc32)c1. The fourth-order valence-corrected chi connectivity index (χ4v) is 3.11. The molecule has 0 atom stereocenters. The highest BCUT2D eigenvalue weighted by atomic mass is 79.9. The number of hydrogen-bond acceptors (Lipinski definition) is 2. The number of halogens is 1. The van der Waals surface area contributed by atoms with Crippen LogP contribution in [0.4, 0.5) is 0 Å². The average molecular weight is 374 g/mol. The standard InChI is InChI=1S/C18H16BrNO3/c1-23-15-4-2-3-12(7-15)10-20-11-13(8-18(21)22)16-9-14(19)5-6-17(16)20/h2-7,9,11H,8,10H2,1H3,(H,21,22). The Morgan fingerprint density at radius 1 is 1.26 bits per heavy atom. The lowest BCUT2D eigenvalue weighted by molar-refractivity contribution is -0.136. The number of ether oxygens (including phenoxy) is 1. The maximum atomic E-state index is 11.1. The van der Waals surface area contributed by atoms with E-state index in [1.54, 1.807) is 7.11 Å². The molecule has 0 unspecified atom stereocenters. The molecule has 5 heteroatoms. The average Bonchev–Trinajstić information content (AvgIpc) is 2.84.